The van der Waals surface area contributed by atoms with Crippen molar-refractivity contribution in [2.24, 2.45) is 11.7 Å². The average Bonchev–Trinajstić information content (AvgIpc) is 2.78. The van der Waals surface area contributed by atoms with Crippen molar-refractivity contribution in [2.75, 3.05) is 26.2 Å². The van der Waals surface area contributed by atoms with E-state index in [1.54, 1.807) is 0 Å². The lowest BCUT2D eigenvalue weighted by molar-refractivity contribution is -0.0578. The lowest BCUT2D eigenvalue weighted by Crippen LogP contribution is -2.57. The van der Waals surface area contributed by atoms with Gasteiger partial charge >= 0.3 is 0 Å². The van der Waals surface area contributed by atoms with E-state index < -0.39 is 0 Å². The summed E-state index contributed by atoms with van der Waals surface area (Å²) in [7, 11) is 0. The highest BCUT2D eigenvalue weighted by molar-refractivity contribution is 4.98. The Morgan fingerprint density at radius 1 is 1.47 bits per heavy atom. The molecule has 2 saturated heterocycles. The van der Waals surface area contributed by atoms with E-state index in [2.05, 4.69) is 18.7 Å². The summed E-state index contributed by atoms with van der Waals surface area (Å²) >= 11 is 0. The van der Waals surface area contributed by atoms with Gasteiger partial charge in [-0.05, 0) is 45.1 Å². The number of hydrogen-bond acceptors (Lipinski definition) is 3. The maximum atomic E-state index is 6.10. The van der Waals surface area contributed by atoms with Crippen LogP contribution in [0.3, 0.4) is 0 Å². The van der Waals surface area contributed by atoms with Crippen molar-refractivity contribution in [3.63, 3.8) is 0 Å². The van der Waals surface area contributed by atoms with E-state index in [4.69, 9.17) is 10.5 Å². The summed E-state index contributed by atoms with van der Waals surface area (Å²) in [6.45, 7) is 8.65. The Morgan fingerprint density at radius 2 is 2.29 bits per heavy atom. The zero-order chi connectivity index (χ0) is 12.3. The lowest BCUT2D eigenvalue weighted by Gasteiger charge is -2.46. The molecule has 0 aromatic heterocycles. The van der Waals surface area contributed by atoms with Gasteiger partial charge in [-0.2, -0.15) is 0 Å². The van der Waals surface area contributed by atoms with Crippen LogP contribution in [0.25, 0.3) is 0 Å². The summed E-state index contributed by atoms with van der Waals surface area (Å²) < 4.78 is 5.69. The molecule has 0 saturated carbocycles. The Kier molecular flexibility index (Phi) is 4.45. The number of hydrogen-bond donors (Lipinski definition) is 1. The van der Waals surface area contributed by atoms with Crippen LogP contribution in [0.2, 0.25) is 0 Å². The number of rotatable bonds is 4. The second kappa shape index (κ2) is 5.68. The van der Waals surface area contributed by atoms with Gasteiger partial charge in [0.15, 0.2) is 0 Å². The molecule has 2 heterocycles. The topological polar surface area (TPSA) is 38.5 Å². The molecular weight excluding hydrogens is 212 g/mol. The first-order valence-corrected chi connectivity index (χ1v) is 7.27. The molecule has 3 unspecified atom stereocenters. The van der Waals surface area contributed by atoms with Crippen LogP contribution < -0.4 is 5.73 Å². The minimum absolute atomic E-state index is 0.236. The summed E-state index contributed by atoms with van der Waals surface area (Å²) in [6, 6.07) is 0. The van der Waals surface area contributed by atoms with Gasteiger partial charge in [-0.1, -0.05) is 13.3 Å². The van der Waals surface area contributed by atoms with Crippen molar-refractivity contribution in [3.8, 4) is 0 Å². The summed E-state index contributed by atoms with van der Waals surface area (Å²) in [5.41, 5.74) is 6.34. The van der Waals surface area contributed by atoms with E-state index in [9.17, 15) is 0 Å². The highest BCUT2D eigenvalue weighted by Gasteiger charge is 2.42. The monoisotopic (exact) mass is 240 g/mol. The van der Waals surface area contributed by atoms with Crippen molar-refractivity contribution < 1.29 is 4.74 Å². The fourth-order valence-corrected chi connectivity index (χ4v) is 3.66. The Labute approximate surface area is 106 Å². The average molecular weight is 240 g/mol. The van der Waals surface area contributed by atoms with Gasteiger partial charge in [-0.3, -0.25) is 4.90 Å². The molecule has 0 radical (unpaired) electrons. The predicted molar refractivity (Wildman–Crippen MR) is 71.0 cm³/mol. The van der Waals surface area contributed by atoms with E-state index in [0.717, 1.165) is 31.9 Å². The van der Waals surface area contributed by atoms with E-state index in [1.807, 2.05) is 0 Å². The molecule has 2 rings (SSSR count). The minimum Gasteiger partial charge on any atom is -0.378 e. The van der Waals surface area contributed by atoms with Crippen molar-refractivity contribution >= 4 is 0 Å². The molecular formula is C14H28N2O. The smallest absolute Gasteiger partial charge is 0.0565 e. The molecule has 0 spiro atoms. The van der Waals surface area contributed by atoms with Gasteiger partial charge in [0.25, 0.3) is 0 Å². The van der Waals surface area contributed by atoms with Crippen LogP contribution >= 0.6 is 0 Å². The Morgan fingerprint density at radius 3 is 2.94 bits per heavy atom. The van der Waals surface area contributed by atoms with Crippen LogP contribution in [0, 0.1) is 5.92 Å². The molecule has 2 fully saturated rings. The predicted octanol–water partition coefficient (Wildman–Crippen LogP) is 2.00. The molecule has 17 heavy (non-hydrogen) atoms. The van der Waals surface area contributed by atoms with Crippen LogP contribution in [-0.4, -0.2) is 42.8 Å². The van der Waals surface area contributed by atoms with Crippen molar-refractivity contribution in [1.82, 2.24) is 4.90 Å². The first-order valence-electron chi connectivity index (χ1n) is 7.27. The molecule has 2 N–H and O–H groups in total. The summed E-state index contributed by atoms with van der Waals surface area (Å²) in [5, 5.41) is 0. The van der Waals surface area contributed by atoms with Crippen LogP contribution in [0.15, 0.2) is 0 Å². The third-order valence-corrected chi connectivity index (χ3v) is 4.67. The molecule has 0 aromatic rings. The van der Waals surface area contributed by atoms with Gasteiger partial charge < -0.3 is 10.5 Å². The van der Waals surface area contributed by atoms with Crippen LogP contribution in [0.5, 0.6) is 0 Å². The van der Waals surface area contributed by atoms with E-state index >= 15 is 0 Å². The van der Waals surface area contributed by atoms with Gasteiger partial charge in [0, 0.05) is 25.2 Å². The SMILES string of the molecule is CCCC1CCN(C2(CN)CCOC(C)C2)C1. The summed E-state index contributed by atoms with van der Waals surface area (Å²) in [5.74, 6) is 0.904. The second-order valence-electron chi connectivity index (χ2n) is 5.95. The van der Waals surface area contributed by atoms with Gasteiger partial charge in [0.1, 0.15) is 0 Å². The maximum absolute atomic E-state index is 6.10. The summed E-state index contributed by atoms with van der Waals surface area (Å²) in [4.78, 5) is 2.67. The van der Waals surface area contributed by atoms with Gasteiger partial charge in [0.2, 0.25) is 0 Å². The second-order valence-corrected chi connectivity index (χ2v) is 5.95. The van der Waals surface area contributed by atoms with Crippen LogP contribution in [0.4, 0.5) is 0 Å². The molecule has 100 valence electrons. The molecule has 0 bridgehead atoms. The first kappa shape index (κ1) is 13.3. The molecule has 3 nitrogen and oxygen atoms in total. The maximum Gasteiger partial charge on any atom is 0.0565 e. The normalized spacial score (nSPS) is 39.7. The number of likely N-dealkylation sites (tertiary alicyclic amines) is 1. The molecule has 2 aliphatic heterocycles. The number of ether oxygens (including phenoxy) is 1. The Balaban J connectivity index is 1.98. The Hall–Kier alpha value is -0.120. The van der Waals surface area contributed by atoms with E-state index in [1.165, 1.54) is 32.4 Å². The molecule has 0 amide bonds. The molecule has 3 atom stereocenters. The highest BCUT2D eigenvalue weighted by atomic mass is 16.5. The molecule has 2 aliphatic rings. The number of nitrogens with zero attached hydrogens (tertiary/aromatic N) is 1. The highest BCUT2D eigenvalue weighted by Crippen LogP contribution is 2.35. The van der Waals surface area contributed by atoms with Gasteiger partial charge in [-0.25, -0.2) is 0 Å². The van der Waals surface area contributed by atoms with Crippen molar-refractivity contribution in [3.05, 3.63) is 0 Å². The third-order valence-electron chi connectivity index (χ3n) is 4.67. The van der Waals surface area contributed by atoms with Crippen LogP contribution in [0.1, 0.15) is 46.0 Å². The first-order chi connectivity index (χ1) is 8.20. The van der Waals surface area contributed by atoms with Gasteiger partial charge in [-0.15, -0.1) is 0 Å². The third kappa shape index (κ3) is 2.83. The quantitative estimate of drug-likeness (QED) is 0.817. The Bertz CT molecular complexity index is 246. The fourth-order valence-electron chi connectivity index (χ4n) is 3.66. The number of nitrogens with two attached hydrogens (primary N) is 1. The van der Waals surface area contributed by atoms with Crippen molar-refractivity contribution in [1.29, 1.82) is 0 Å². The van der Waals surface area contributed by atoms with E-state index in [-0.39, 0.29) is 5.54 Å². The fraction of sp³-hybridized carbons (Fsp3) is 1.00. The molecule has 0 aliphatic carbocycles. The van der Waals surface area contributed by atoms with E-state index in [0.29, 0.717) is 6.10 Å². The zero-order valence-corrected chi connectivity index (χ0v) is 11.5. The van der Waals surface area contributed by atoms with Crippen molar-refractivity contribution in [2.45, 2.75) is 57.6 Å². The van der Waals surface area contributed by atoms with Gasteiger partial charge in [0.05, 0.1) is 6.10 Å². The molecule has 3 heteroatoms. The summed E-state index contributed by atoms with van der Waals surface area (Å²) in [6.07, 6.45) is 6.66. The minimum atomic E-state index is 0.236. The lowest BCUT2D eigenvalue weighted by atomic mass is 9.85. The standard InChI is InChI=1S/C14H28N2O/c1-3-4-13-5-7-16(10-13)14(11-15)6-8-17-12(2)9-14/h12-13H,3-11,15H2,1-2H3. The largest absolute Gasteiger partial charge is 0.378 e. The zero-order valence-electron chi connectivity index (χ0n) is 11.5. The molecule has 0 aromatic carbocycles. The van der Waals surface area contributed by atoms with Crippen LogP contribution in [-0.2, 0) is 4.74 Å².